The maximum Gasteiger partial charge on any atom is 0.0923 e. The molecule has 0 saturated carbocycles. The predicted molar refractivity (Wildman–Crippen MR) is 53.5 cm³/mol. The van der Waals surface area contributed by atoms with Crippen LogP contribution in [0.1, 0.15) is 11.3 Å². The third-order valence-corrected chi connectivity index (χ3v) is 2.05. The maximum absolute atomic E-state index is 4.19. The molecule has 0 aliphatic rings. The molecular formula is C11H12N2. The van der Waals surface area contributed by atoms with Crippen LogP contribution in [0.5, 0.6) is 0 Å². The second-order valence-electron chi connectivity index (χ2n) is 3.30. The van der Waals surface area contributed by atoms with Crippen molar-refractivity contribution in [3.8, 4) is 11.3 Å². The van der Waals surface area contributed by atoms with E-state index in [9.17, 15) is 0 Å². The van der Waals surface area contributed by atoms with Crippen molar-refractivity contribution in [1.29, 1.82) is 0 Å². The lowest BCUT2D eigenvalue weighted by atomic mass is 10.1. The number of aromatic nitrogens is 2. The zero-order chi connectivity index (χ0) is 9.26. The monoisotopic (exact) mass is 172 g/mol. The molecule has 0 saturated heterocycles. The summed E-state index contributed by atoms with van der Waals surface area (Å²) in [5.41, 5.74) is 4.54. The Morgan fingerprint density at radius 1 is 1.08 bits per heavy atom. The van der Waals surface area contributed by atoms with Gasteiger partial charge < -0.3 is 0 Å². The van der Waals surface area contributed by atoms with E-state index in [1.165, 1.54) is 5.56 Å². The number of hydrogen-bond donors (Lipinski definition) is 1. The second-order valence-corrected chi connectivity index (χ2v) is 3.30. The molecule has 0 radical (unpaired) electrons. The number of rotatable bonds is 1. The fourth-order valence-corrected chi connectivity index (χ4v) is 1.29. The van der Waals surface area contributed by atoms with Gasteiger partial charge in [0.2, 0.25) is 0 Å². The van der Waals surface area contributed by atoms with Gasteiger partial charge in [0.15, 0.2) is 0 Å². The minimum atomic E-state index is 1.01. The zero-order valence-electron chi connectivity index (χ0n) is 7.83. The Hall–Kier alpha value is -1.57. The molecule has 0 fully saturated rings. The fraction of sp³-hybridized carbons (Fsp3) is 0.182. The third-order valence-electron chi connectivity index (χ3n) is 2.05. The highest BCUT2D eigenvalue weighted by Gasteiger charge is 1.99. The zero-order valence-corrected chi connectivity index (χ0v) is 7.83. The summed E-state index contributed by atoms with van der Waals surface area (Å²) < 4.78 is 0. The summed E-state index contributed by atoms with van der Waals surface area (Å²) in [6.45, 7) is 4.09. The third kappa shape index (κ3) is 1.61. The molecule has 1 heterocycles. The summed E-state index contributed by atoms with van der Waals surface area (Å²) in [6, 6.07) is 10.4. The first-order chi connectivity index (χ1) is 6.25. The fourth-order valence-electron chi connectivity index (χ4n) is 1.29. The van der Waals surface area contributed by atoms with Crippen LogP contribution in [0.2, 0.25) is 0 Å². The quantitative estimate of drug-likeness (QED) is 0.704. The summed E-state index contributed by atoms with van der Waals surface area (Å²) in [6.07, 6.45) is 0. The van der Waals surface area contributed by atoms with Crippen LogP contribution < -0.4 is 0 Å². The summed E-state index contributed by atoms with van der Waals surface area (Å²) in [4.78, 5) is 0. The van der Waals surface area contributed by atoms with Gasteiger partial charge in [0.1, 0.15) is 0 Å². The molecule has 66 valence electrons. The molecule has 2 nitrogen and oxygen atoms in total. The summed E-state index contributed by atoms with van der Waals surface area (Å²) >= 11 is 0. The van der Waals surface area contributed by atoms with Gasteiger partial charge in [-0.25, -0.2) is 0 Å². The van der Waals surface area contributed by atoms with Crippen LogP contribution in [0.3, 0.4) is 0 Å². The van der Waals surface area contributed by atoms with Crippen molar-refractivity contribution in [2.45, 2.75) is 13.8 Å². The highest BCUT2D eigenvalue weighted by molar-refractivity contribution is 5.59. The largest absolute Gasteiger partial charge is 0.282 e. The Bertz CT molecular complexity index is 398. The molecule has 0 spiro atoms. The van der Waals surface area contributed by atoms with Gasteiger partial charge in [0.25, 0.3) is 0 Å². The van der Waals surface area contributed by atoms with Crippen molar-refractivity contribution < 1.29 is 0 Å². The molecule has 0 aliphatic carbocycles. The van der Waals surface area contributed by atoms with Crippen LogP contribution in [0.25, 0.3) is 11.3 Å². The highest BCUT2D eigenvalue weighted by atomic mass is 15.1. The molecule has 0 amide bonds. The predicted octanol–water partition coefficient (Wildman–Crippen LogP) is 2.69. The molecule has 2 rings (SSSR count). The van der Waals surface area contributed by atoms with Crippen LogP contribution in [0.15, 0.2) is 30.3 Å². The Morgan fingerprint density at radius 3 is 2.31 bits per heavy atom. The van der Waals surface area contributed by atoms with Crippen LogP contribution in [-0.4, -0.2) is 10.2 Å². The summed E-state index contributed by atoms with van der Waals surface area (Å²) in [5, 5.41) is 7.12. The lowest BCUT2D eigenvalue weighted by molar-refractivity contribution is 1.05. The van der Waals surface area contributed by atoms with E-state index in [1.54, 1.807) is 0 Å². The maximum atomic E-state index is 4.19. The van der Waals surface area contributed by atoms with Crippen molar-refractivity contribution in [3.63, 3.8) is 0 Å². The van der Waals surface area contributed by atoms with E-state index in [0.29, 0.717) is 0 Å². The van der Waals surface area contributed by atoms with Crippen molar-refractivity contribution in [2.24, 2.45) is 0 Å². The molecule has 0 unspecified atom stereocenters. The van der Waals surface area contributed by atoms with Gasteiger partial charge in [-0.15, -0.1) is 0 Å². The summed E-state index contributed by atoms with van der Waals surface area (Å²) in [7, 11) is 0. The average molecular weight is 172 g/mol. The minimum absolute atomic E-state index is 1.01. The lowest BCUT2D eigenvalue weighted by Gasteiger charge is -1.95. The number of benzene rings is 1. The number of nitrogens with zero attached hydrogens (tertiary/aromatic N) is 1. The number of H-pyrrole nitrogens is 1. The van der Waals surface area contributed by atoms with E-state index >= 15 is 0 Å². The van der Waals surface area contributed by atoms with Gasteiger partial charge in [-0.3, -0.25) is 5.10 Å². The number of nitrogens with one attached hydrogen (secondary N) is 1. The van der Waals surface area contributed by atoms with Gasteiger partial charge in [-0.2, -0.15) is 5.10 Å². The van der Waals surface area contributed by atoms with Gasteiger partial charge in [-0.1, -0.05) is 29.8 Å². The first-order valence-corrected chi connectivity index (χ1v) is 4.35. The molecular weight excluding hydrogens is 160 g/mol. The van der Waals surface area contributed by atoms with Gasteiger partial charge in [-0.05, 0) is 19.9 Å². The second kappa shape index (κ2) is 3.05. The standard InChI is InChI=1S/C11H12N2/c1-8-3-5-10(6-4-8)11-7-9(2)12-13-11/h3-7H,1-2H3,(H,12,13). The van der Waals surface area contributed by atoms with E-state index in [2.05, 4.69) is 41.4 Å². The van der Waals surface area contributed by atoms with Gasteiger partial charge >= 0.3 is 0 Å². The molecule has 0 bridgehead atoms. The molecule has 0 atom stereocenters. The molecule has 2 aromatic rings. The Balaban J connectivity index is 2.41. The molecule has 13 heavy (non-hydrogen) atoms. The first kappa shape index (κ1) is 8.05. The van der Waals surface area contributed by atoms with E-state index in [-0.39, 0.29) is 0 Å². The van der Waals surface area contributed by atoms with E-state index < -0.39 is 0 Å². The molecule has 1 aromatic heterocycles. The molecule has 1 aromatic carbocycles. The molecule has 2 heteroatoms. The number of hydrogen-bond acceptors (Lipinski definition) is 1. The first-order valence-electron chi connectivity index (χ1n) is 4.35. The Morgan fingerprint density at radius 2 is 1.77 bits per heavy atom. The van der Waals surface area contributed by atoms with E-state index in [4.69, 9.17) is 0 Å². The topological polar surface area (TPSA) is 28.7 Å². The number of aromatic amines is 1. The minimum Gasteiger partial charge on any atom is -0.282 e. The van der Waals surface area contributed by atoms with Crippen LogP contribution >= 0.6 is 0 Å². The number of aryl methyl sites for hydroxylation is 2. The van der Waals surface area contributed by atoms with Crippen molar-refractivity contribution in [3.05, 3.63) is 41.6 Å². The van der Waals surface area contributed by atoms with E-state index in [0.717, 1.165) is 17.0 Å². The summed E-state index contributed by atoms with van der Waals surface area (Å²) in [5.74, 6) is 0. The molecule has 0 aliphatic heterocycles. The molecule has 1 N–H and O–H groups in total. The van der Waals surface area contributed by atoms with Crippen LogP contribution in [0.4, 0.5) is 0 Å². The van der Waals surface area contributed by atoms with Crippen LogP contribution in [0, 0.1) is 13.8 Å². The van der Waals surface area contributed by atoms with E-state index in [1.807, 2.05) is 13.0 Å². The lowest BCUT2D eigenvalue weighted by Crippen LogP contribution is -1.77. The smallest absolute Gasteiger partial charge is 0.0923 e. The van der Waals surface area contributed by atoms with Crippen molar-refractivity contribution in [2.75, 3.05) is 0 Å². The van der Waals surface area contributed by atoms with Crippen molar-refractivity contribution >= 4 is 0 Å². The normalized spacial score (nSPS) is 10.3. The van der Waals surface area contributed by atoms with Crippen molar-refractivity contribution in [1.82, 2.24) is 10.2 Å². The Labute approximate surface area is 77.6 Å². The SMILES string of the molecule is Cc1ccc(-c2cc(C)[nH]n2)cc1. The highest BCUT2D eigenvalue weighted by Crippen LogP contribution is 2.17. The van der Waals surface area contributed by atoms with Crippen LogP contribution in [-0.2, 0) is 0 Å². The Kier molecular flexibility index (Phi) is 1.89. The van der Waals surface area contributed by atoms with Gasteiger partial charge in [0, 0.05) is 11.3 Å². The van der Waals surface area contributed by atoms with Gasteiger partial charge in [0.05, 0.1) is 5.69 Å². The average Bonchev–Trinajstić information content (AvgIpc) is 2.53.